The van der Waals surface area contributed by atoms with E-state index in [1.807, 2.05) is 19.1 Å². The summed E-state index contributed by atoms with van der Waals surface area (Å²) in [6, 6.07) is 5.34. The van der Waals surface area contributed by atoms with Gasteiger partial charge in [0.1, 0.15) is 5.82 Å². The Balaban J connectivity index is 2.82. The van der Waals surface area contributed by atoms with Gasteiger partial charge in [-0.15, -0.1) is 0 Å². The van der Waals surface area contributed by atoms with Gasteiger partial charge < -0.3 is 10.1 Å². The van der Waals surface area contributed by atoms with Crippen molar-refractivity contribution in [2.24, 2.45) is 0 Å². The van der Waals surface area contributed by atoms with E-state index in [2.05, 4.69) is 28.2 Å². The molecule has 0 fully saturated rings. The fraction of sp³-hybridized carbons (Fsp3) is 0.571. The monoisotopic (exact) mass is 317 g/mol. The smallest absolute Gasteiger partial charge is 0.127 e. The van der Waals surface area contributed by atoms with E-state index in [-0.39, 0.29) is 18.0 Å². The van der Waals surface area contributed by atoms with Crippen LogP contribution in [0.15, 0.2) is 22.7 Å². The molecule has 0 bridgehead atoms. The molecule has 1 aromatic carbocycles. The molecule has 102 valence electrons. The molecule has 18 heavy (non-hydrogen) atoms. The molecule has 1 aromatic rings. The molecule has 0 radical (unpaired) electrons. The molecule has 0 saturated carbocycles. The van der Waals surface area contributed by atoms with E-state index < -0.39 is 0 Å². The summed E-state index contributed by atoms with van der Waals surface area (Å²) in [6.45, 7) is 4.98. The maximum absolute atomic E-state index is 13.8. The van der Waals surface area contributed by atoms with Crippen molar-refractivity contribution in [1.82, 2.24) is 5.32 Å². The third-order valence-corrected chi connectivity index (χ3v) is 3.57. The lowest BCUT2D eigenvalue weighted by atomic mass is 9.99. The highest BCUT2D eigenvalue weighted by molar-refractivity contribution is 9.10. The minimum atomic E-state index is -0.168. The molecule has 0 aliphatic carbocycles. The van der Waals surface area contributed by atoms with E-state index in [1.54, 1.807) is 7.11 Å². The van der Waals surface area contributed by atoms with Gasteiger partial charge in [-0.05, 0) is 37.1 Å². The molecule has 0 spiro atoms. The van der Waals surface area contributed by atoms with Crippen molar-refractivity contribution in [1.29, 1.82) is 0 Å². The van der Waals surface area contributed by atoms with Crippen molar-refractivity contribution < 1.29 is 9.13 Å². The summed E-state index contributed by atoms with van der Waals surface area (Å²) in [5, 5.41) is 3.37. The molecule has 2 atom stereocenters. The van der Waals surface area contributed by atoms with Crippen LogP contribution in [0.4, 0.5) is 4.39 Å². The number of rotatable bonds is 7. The molecule has 0 aliphatic rings. The molecule has 0 amide bonds. The third-order valence-electron chi connectivity index (χ3n) is 3.08. The molecular formula is C14H21BrFNO. The molecule has 0 aromatic heterocycles. The molecule has 4 heteroatoms. The van der Waals surface area contributed by atoms with Gasteiger partial charge in [-0.3, -0.25) is 0 Å². The zero-order valence-corrected chi connectivity index (χ0v) is 12.8. The maximum Gasteiger partial charge on any atom is 0.127 e. The van der Waals surface area contributed by atoms with E-state index in [0.717, 1.165) is 23.0 Å². The molecule has 2 unspecified atom stereocenters. The molecular weight excluding hydrogens is 297 g/mol. The van der Waals surface area contributed by atoms with Crippen LogP contribution in [-0.4, -0.2) is 25.8 Å². The normalized spacial score (nSPS) is 14.5. The standard InChI is InChI=1S/C14H21BrFNO/c1-4-14(18-3)13(17-5-2)8-10-6-7-11(15)9-12(10)16/h6-7,9,13-14,17H,4-5,8H2,1-3H3. The highest BCUT2D eigenvalue weighted by Gasteiger charge is 2.20. The summed E-state index contributed by atoms with van der Waals surface area (Å²) < 4.78 is 20.0. The van der Waals surface area contributed by atoms with Crippen LogP contribution in [0, 0.1) is 5.82 Å². The van der Waals surface area contributed by atoms with Crippen LogP contribution >= 0.6 is 15.9 Å². The second-order valence-electron chi connectivity index (χ2n) is 4.29. The topological polar surface area (TPSA) is 21.3 Å². The average Bonchev–Trinajstić information content (AvgIpc) is 2.34. The van der Waals surface area contributed by atoms with Gasteiger partial charge in [0.25, 0.3) is 0 Å². The van der Waals surface area contributed by atoms with Crippen LogP contribution in [0.5, 0.6) is 0 Å². The number of ether oxygens (including phenoxy) is 1. The number of methoxy groups -OCH3 is 1. The Labute approximate surface area is 117 Å². The third kappa shape index (κ3) is 4.34. The SMILES string of the molecule is CCNC(Cc1ccc(Br)cc1F)C(CC)OC. The number of hydrogen-bond acceptors (Lipinski definition) is 2. The van der Waals surface area contributed by atoms with Crippen molar-refractivity contribution in [2.75, 3.05) is 13.7 Å². The van der Waals surface area contributed by atoms with Crippen molar-refractivity contribution in [3.05, 3.63) is 34.1 Å². The first-order valence-corrected chi connectivity index (χ1v) is 7.11. The Hall–Kier alpha value is -0.450. The Morgan fingerprint density at radius 1 is 1.39 bits per heavy atom. The number of benzene rings is 1. The highest BCUT2D eigenvalue weighted by Crippen LogP contribution is 2.18. The quantitative estimate of drug-likeness (QED) is 0.830. The van der Waals surface area contributed by atoms with E-state index in [9.17, 15) is 4.39 Å². The first-order valence-electron chi connectivity index (χ1n) is 6.32. The van der Waals surface area contributed by atoms with Crippen molar-refractivity contribution >= 4 is 15.9 Å². The minimum absolute atomic E-state index is 0.105. The first-order chi connectivity index (χ1) is 8.62. The van der Waals surface area contributed by atoms with Crippen LogP contribution in [0.3, 0.4) is 0 Å². The number of halogens is 2. The lowest BCUT2D eigenvalue weighted by molar-refractivity contribution is 0.0656. The fourth-order valence-corrected chi connectivity index (χ4v) is 2.47. The van der Waals surface area contributed by atoms with E-state index in [1.165, 1.54) is 6.07 Å². The first kappa shape index (κ1) is 15.6. The summed E-state index contributed by atoms with van der Waals surface area (Å²) in [4.78, 5) is 0. The Morgan fingerprint density at radius 2 is 2.11 bits per heavy atom. The molecule has 0 heterocycles. The second-order valence-corrected chi connectivity index (χ2v) is 5.20. The van der Waals surface area contributed by atoms with Gasteiger partial charge in [0.15, 0.2) is 0 Å². The van der Waals surface area contributed by atoms with Gasteiger partial charge in [-0.25, -0.2) is 4.39 Å². The van der Waals surface area contributed by atoms with Gasteiger partial charge in [-0.2, -0.15) is 0 Å². The van der Waals surface area contributed by atoms with Crippen LogP contribution in [0.25, 0.3) is 0 Å². The molecule has 2 nitrogen and oxygen atoms in total. The van der Waals surface area contributed by atoms with Crippen molar-refractivity contribution in [3.63, 3.8) is 0 Å². The molecule has 0 aliphatic heterocycles. The zero-order valence-electron chi connectivity index (χ0n) is 11.2. The maximum atomic E-state index is 13.8. The van der Waals surface area contributed by atoms with E-state index in [4.69, 9.17) is 4.74 Å². The van der Waals surface area contributed by atoms with Crippen LogP contribution in [0.1, 0.15) is 25.8 Å². The molecule has 1 N–H and O–H groups in total. The lowest BCUT2D eigenvalue weighted by Gasteiger charge is -2.26. The van der Waals surface area contributed by atoms with Gasteiger partial charge in [0.05, 0.1) is 6.10 Å². The lowest BCUT2D eigenvalue weighted by Crippen LogP contribution is -2.42. The average molecular weight is 318 g/mol. The van der Waals surface area contributed by atoms with Crippen LogP contribution in [-0.2, 0) is 11.2 Å². The molecule has 0 saturated heterocycles. The summed E-state index contributed by atoms with van der Waals surface area (Å²) >= 11 is 3.27. The van der Waals surface area contributed by atoms with Gasteiger partial charge in [-0.1, -0.05) is 35.8 Å². The number of nitrogens with one attached hydrogen (secondary N) is 1. The summed E-state index contributed by atoms with van der Waals surface area (Å²) in [7, 11) is 1.70. The van der Waals surface area contributed by atoms with Crippen molar-refractivity contribution in [2.45, 2.75) is 38.8 Å². The largest absolute Gasteiger partial charge is 0.380 e. The number of hydrogen-bond donors (Lipinski definition) is 1. The highest BCUT2D eigenvalue weighted by atomic mass is 79.9. The second kappa shape index (κ2) is 7.87. The number of likely N-dealkylation sites (N-methyl/N-ethyl adjacent to an activating group) is 1. The van der Waals surface area contributed by atoms with Gasteiger partial charge in [0, 0.05) is 17.6 Å². The zero-order chi connectivity index (χ0) is 13.5. The Morgan fingerprint density at radius 3 is 2.61 bits per heavy atom. The Kier molecular flexibility index (Phi) is 6.82. The Bertz CT molecular complexity index is 369. The van der Waals surface area contributed by atoms with Crippen molar-refractivity contribution in [3.8, 4) is 0 Å². The fourth-order valence-electron chi connectivity index (χ4n) is 2.14. The predicted molar refractivity (Wildman–Crippen MR) is 76.4 cm³/mol. The minimum Gasteiger partial charge on any atom is -0.380 e. The van der Waals surface area contributed by atoms with Crippen LogP contribution in [0.2, 0.25) is 0 Å². The van der Waals surface area contributed by atoms with Gasteiger partial charge >= 0.3 is 0 Å². The summed E-state index contributed by atoms with van der Waals surface area (Å²) in [6.07, 6.45) is 1.65. The van der Waals surface area contributed by atoms with E-state index >= 15 is 0 Å². The molecule has 1 rings (SSSR count). The van der Waals surface area contributed by atoms with Crippen LogP contribution < -0.4 is 5.32 Å². The summed E-state index contributed by atoms with van der Waals surface area (Å²) in [5.41, 5.74) is 0.722. The predicted octanol–water partition coefficient (Wildman–Crippen LogP) is 3.53. The summed E-state index contributed by atoms with van der Waals surface area (Å²) in [5.74, 6) is -0.168. The van der Waals surface area contributed by atoms with E-state index in [0.29, 0.717) is 6.42 Å². The van der Waals surface area contributed by atoms with Gasteiger partial charge in [0.2, 0.25) is 0 Å².